The first kappa shape index (κ1) is 12.1. The van der Waals surface area contributed by atoms with Crippen molar-refractivity contribution < 1.29 is 14.7 Å². The van der Waals surface area contributed by atoms with Crippen molar-refractivity contribution >= 4 is 23.2 Å². The Labute approximate surface area is 104 Å². The summed E-state index contributed by atoms with van der Waals surface area (Å²) in [5, 5.41) is 13.3. The fourth-order valence-electron chi connectivity index (χ4n) is 1.92. The number of carboxylic acids is 1. The average Bonchev–Trinajstić information content (AvgIpc) is 2.94. The van der Waals surface area contributed by atoms with Crippen molar-refractivity contribution in [1.82, 2.24) is 5.32 Å². The van der Waals surface area contributed by atoms with E-state index in [4.69, 9.17) is 5.11 Å². The van der Waals surface area contributed by atoms with Crippen molar-refractivity contribution in [2.75, 3.05) is 0 Å². The molecule has 1 aliphatic rings. The lowest BCUT2D eigenvalue weighted by molar-refractivity contribution is -0.141. The van der Waals surface area contributed by atoms with E-state index >= 15 is 0 Å². The second kappa shape index (κ2) is 4.49. The minimum Gasteiger partial charge on any atom is -0.480 e. The van der Waals surface area contributed by atoms with Gasteiger partial charge in [-0.15, -0.1) is 11.3 Å². The first-order chi connectivity index (χ1) is 8.00. The second-order valence-corrected chi connectivity index (χ2v) is 5.43. The van der Waals surface area contributed by atoms with Crippen molar-refractivity contribution in [3.63, 3.8) is 0 Å². The summed E-state index contributed by atoms with van der Waals surface area (Å²) in [6.07, 6.45) is 0.833. The van der Waals surface area contributed by atoms with E-state index in [1.165, 1.54) is 17.4 Å². The van der Waals surface area contributed by atoms with Crippen molar-refractivity contribution in [2.45, 2.75) is 32.2 Å². The molecule has 1 amide bonds. The number of hydrogen-bond donors (Lipinski definition) is 2. The molecule has 0 unspecified atom stereocenters. The minimum atomic E-state index is -0.997. The molecule has 3 atom stereocenters. The first-order valence-electron chi connectivity index (χ1n) is 5.58. The molecule has 0 aromatic carbocycles. The molecule has 92 valence electrons. The topological polar surface area (TPSA) is 66.4 Å². The van der Waals surface area contributed by atoms with Crippen LogP contribution in [0.5, 0.6) is 0 Å². The third-order valence-electron chi connectivity index (χ3n) is 3.09. The predicted molar refractivity (Wildman–Crippen MR) is 65.1 cm³/mol. The normalized spacial score (nSPS) is 24.1. The molecule has 2 N–H and O–H groups in total. The fourth-order valence-corrected chi connectivity index (χ4v) is 3.03. The van der Waals surface area contributed by atoms with Gasteiger partial charge < -0.3 is 10.4 Å². The summed E-state index contributed by atoms with van der Waals surface area (Å²) in [5.41, 5.74) is 1.22. The lowest BCUT2D eigenvalue weighted by Gasteiger charge is -2.08. The highest BCUT2D eigenvalue weighted by Crippen LogP contribution is 2.50. The largest absolute Gasteiger partial charge is 0.480 e. The summed E-state index contributed by atoms with van der Waals surface area (Å²) in [7, 11) is 0. The molecular formula is C12H15NO3S. The van der Waals surface area contributed by atoms with Crippen LogP contribution in [-0.2, 0) is 9.59 Å². The summed E-state index contributed by atoms with van der Waals surface area (Å²) in [6, 6.07) is 1.24. The van der Waals surface area contributed by atoms with E-state index in [1.54, 1.807) is 11.3 Å². The van der Waals surface area contributed by atoms with Crippen LogP contribution in [0.15, 0.2) is 11.4 Å². The molecule has 5 heteroatoms. The highest BCUT2D eigenvalue weighted by atomic mass is 32.1. The summed E-state index contributed by atoms with van der Waals surface area (Å²) in [4.78, 5) is 23.7. The number of carboxylic acid groups (broad SMARTS) is 1. The summed E-state index contributed by atoms with van der Waals surface area (Å²) in [5.74, 6) is -0.898. The maximum atomic E-state index is 11.8. The first-order valence-corrected chi connectivity index (χ1v) is 6.46. The molecule has 2 rings (SSSR count). The van der Waals surface area contributed by atoms with Crippen LogP contribution in [0.3, 0.4) is 0 Å². The molecule has 1 saturated carbocycles. The van der Waals surface area contributed by atoms with E-state index < -0.39 is 12.0 Å². The van der Waals surface area contributed by atoms with Crippen LogP contribution in [-0.4, -0.2) is 23.0 Å². The number of nitrogens with one attached hydrogen (secondary N) is 1. The van der Waals surface area contributed by atoms with E-state index in [9.17, 15) is 9.59 Å². The molecular weight excluding hydrogens is 238 g/mol. The van der Waals surface area contributed by atoms with Crippen LogP contribution in [0.25, 0.3) is 0 Å². The number of rotatable bonds is 4. The van der Waals surface area contributed by atoms with Gasteiger partial charge in [-0.25, -0.2) is 0 Å². The monoisotopic (exact) mass is 253 g/mol. The maximum Gasteiger partial charge on any atom is 0.325 e. The van der Waals surface area contributed by atoms with Crippen molar-refractivity contribution in [3.8, 4) is 0 Å². The number of amides is 1. The van der Waals surface area contributed by atoms with Gasteiger partial charge in [-0.3, -0.25) is 9.59 Å². The average molecular weight is 253 g/mol. The molecule has 1 aliphatic carbocycles. The number of aryl methyl sites for hydroxylation is 1. The fraction of sp³-hybridized carbons (Fsp3) is 0.500. The van der Waals surface area contributed by atoms with Gasteiger partial charge in [0.05, 0.1) is 0 Å². The minimum absolute atomic E-state index is 0.0471. The van der Waals surface area contributed by atoms with Crippen LogP contribution >= 0.6 is 11.3 Å². The third kappa shape index (κ3) is 2.49. The Balaban J connectivity index is 1.93. The molecule has 1 aromatic rings. The van der Waals surface area contributed by atoms with Gasteiger partial charge in [-0.2, -0.15) is 0 Å². The Morgan fingerprint density at radius 3 is 2.82 bits per heavy atom. The van der Waals surface area contributed by atoms with E-state index in [0.29, 0.717) is 0 Å². The van der Waals surface area contributed by atoms with Gasteiger partial charge in [-0.05, 0) is 37.3 Å². The Morgan fingerprint density at radius 2 is 2.29 bits per heavy atom. The molecule has 17 heavy (non-hydrogen) atoms. The van der Waals surface area contributed by atoms with E-state index in [0.717, 1.165) is 6.42 Å². The lowest BCUT2D eigenvalue weighted by Crippen LogP contribution is -2.39. The summed E-state index contributed by atoms with van der Waals surface area (Å²) < 4.78 is 0. The third-order valence-corrected chi connectivity index (χ3v) is 4.25. The quantitative estimate of drug-likeness (QED) is 0.859. The van der Waals surface area contributed by atoms with Gasteiger partial charge in [-0.1, -0.05) is 0 Å². The van der Waals surface area contributed by atoms with E-state index in [-0.39, 0.29) is 17.7 Å². The Hall–Kier alpha value is -1.36. The second-order valence-electron chi connectivity index (χ2n) is 4.49. The molecule has 0 saturated heterocycles. The number of carbonyl (C=O) groups excluding carboxylic acids is 1. The van der Waals surface area contributed by atoms with Crippen LogP contribution in [0.1, 0.15) is 29.7 Å². The highest BCUT2D eigenvalue weighted by Gasteiger charge is 2.45. The number of carbonyl (C=O) groups is 2. The molecule has 0 radical (unpaired) electrons. The molecule has 0 aliphatic heterocycles. The van der Waals surface area contributed by atoms with Gasteiger partial charge in [0.1, 0.15) is 6.04 Å². The van der Waals surface area contributed by atoms with Gasteiger partial charge in [0.15, 0.2) is 0 Å². The molecule has 1 aromatic heterocycles. The molecule has 0 bridgehead atoms. The van der Waals surface area contributed by atoms with Crippen molar-refractivity contribution in [1.29, 1.82) is 0 Å². The standard InChI is InChI=1S/C12H15NO3S/c1-6-3-4-17-10(6)8-5-9(8)11(14)13-7(2)12(15)16/h3-4,7-9H,5H2,1-2H3,(H,13,14)(H,15,16)/t7-,8-,9+/m0/s1. The van der Waals surface area contributed by atoms with Gasteiger partial charge in [0.2, 0.25) is 5.91 Å². The van der Waals surface area contributed by atoms with E-state index in [2.05, 4.69) is 5.32 Å². The van der Waals surface area contributed by atoms with Crippen LogP contribution in [0.2, 0.25) is 0 Å². The number of aliphatic carboxylic acids is 1. The lowest BCUT2D eigenvalue weighted by atomic mass is 10.2. The van der Waals surface area contributed by atoms with Crippen molar-refractivity contribution in [2.24, 2.45) is 5.92 Å². The SMILES string of the molecule is Cc1ccsc1[C@H]1C[C@H]1C(=O)N[C@@H](C)C(=O)O. The summed E-state index contributed by atoms with van der Waals surface area (Å²) in [6.45, 7) is 3.52. The number of hydrogen-bond acceptors (Lipinski definition) is 3. The number of thiophene rings is 1. The highest BCUT2D eigenvalue weighted by molar-refractivity contribution is 7.10. The maximum absolute atomic E-state index is 11.8. The zero-order valence-corrected chi connectivity index (χ0v) is 10.6. The van der Waals surface area contributed by atoms with Crippen LogP contribution in [0, 0.1) is 12.8 Å². The molecule has 4 nitrogen and oxygen atoms in total. The van der Waals surface area contributed by atoms with Gasteiger partial charge >= 0.3 is 5.97 Å². The zero-order chi connectivity index (χ0) is 12.6. The molecule has 1 fully saturated rings. The smallest absolute Gasteiger partial charge is 0.325 e. The molecule has 1 heterocycles. The van der Waals surface area contributed by atoms with Crippen molar-refractivity contribution in [3.05, 3.63) is 21.9 Å². The Kier molecular flexibility index (Phi) is 3.19. The Morgan fingerprint density at radius 1 is 1.59 bits per heavy atom. The zero-order valence-electron chi connectivity index (χ0n) is 9.77. The van der Waals surface area contributed by atoms with Crippen LogP contribution in [0.4, 0.5) is 0 Å². The van der Waals surface area contributed by atoms with Gasteiger partial charge in [0.25, 0.3) is 0 Å². The summed E-state index contributed by atoms with van der Waals surface area (Å²) >= 11 is 1.67. The molecule has 0 spiro atoms. The predicted octanol–water partition coefficient (Wildman–Crippen LogP) is 1.75. The van der Waals surface area contributed by atoms with E-state index in [1.807, 2.05) is 18.4 Å². The van der Waals surface area contributed by atoms with Crippen LogP contribution < -0.4 is 5.32 Å². The van der Waals surface area contributed by atoms with Gasteiger partial charge in [0, 0.05) is 16.7 Å². The Bertz CT molecular complexity index is 454.